The molecule has 1 aliphatic rings. The summed E-state index contributed by atoms with van der Waals surface area (Å²) in [5.41, 5.74) is 2.07. The molecular formula is C13H14O4. The number of carbonyl (C=O) groups excluding carboxylic acids is 1. The molecule has 0 aromatic heterocycles. The van der Waals surface area contributed by atoms with Gasteiger partial charge >= 0.3 is 5.97 Å². The average molecular weight is 234 g/mol. The zero-order valence-corrected chi connectivity index (χ0v) is 9.51. The summed E-state index contributed by atoms with van der Waals surface area (Å²) in [4.78, 5) is 22.4. The Morgan fingerprint density at radius 2 is 2.24 bits per heavy atom. The maximum absolute atomic E-state index is 11.7. The van der Waals surface area contributed by atoms with Crippen LogP contribution in [0.2, 0.25) is 0 Å². The maximum Gasteiger partial charge on any atom is 0.303 e. The molecule has 4 nitrogen and oxygen atoms in total. The number of hydrogen-bond donors (Lipinski definition) is 2. The lowest BCUT2D eigenvalue weighted by atomic mass is 9.95. The summed E-state index contributed by atoms with van der Waals surface area (Å²) in [7, 11) is 0. The zero-order valence-electron chi connectivity index (χ0n) is 9.51. The van der Waals surface area contributed by atoms with E-state index in [1.54, 1.807) is 25.1 Å². The molecule has 1 aromatic rings. The van der Waals surface area contributed by atoms with Crippen LogP contribution in [0.1, 0.15) is 53.3 Å². The summed E-state index contributed by atoms with van der Waals surface area (Å²) in [6.45, 7) is 1.64. The van der Waals surface area contributed by atoms with Crippen molar-refractivity contribution in [3.63, 3.8) is 0 Å². The molecule has 0 amide bonds. The van der Waals surface area contributed by atoms with Crippen LogP contribution in [0.3, 0.4) is 0 Å². The van der Waals surface area contributed by atoms with E-state index in [1.807, 2.05) is 0 Å². The Bertz CT molecular complexity index is 474. The molecule has 2 atom stereocenters. The van der Waals surface area contributed by atoms with Gasteiger partial charge in [0.2, 0.25) is 0 Å². The number of carboxylic acids is 1. The maximum atomic E-state index is 11.7. The monoisotopic (exact) mass is 234 g/mol. The van der Waals surface area contributed by atoms with Gasteiger partial charge < -0.3 is 10.2 Å². The Hall–Kier alpha value is -1.68. The van der Waals surface area contributed by atoms with Crippen molar-refractivity contribution in [1.82, 2.24) is 0 Å². The number of hydrogen-bond acceptors (Lipinski definition) is 3. The van der Waals surface area contributed by atoms with Crippen molar-refractivity contribution >= 4 is 11.8 Å². The highest BCUT2D eigenvalue weighted by atomic mass is 16.4. The summed E-state index contributed by atoms with van der Waals surface area (Å²) in [6.07, 6.45) is -0.395. The summed E-state index contributed by atoms with van der Waals surface area (Å²) >= 11 is 0. The van der Waals surface area contributed by atoms with E-state index >= 15 is 0 Å². The predicted octanol–water partition coefficient (Wildman–Crippen LogP) is 1.88. The van der Waals surface area contributed by atoms with Gasteiger partial charge in [0.25, 0.3) is 0 Å². The SMILES string of the molecule is CC(O)c1ccc2c(c1)C(CC(=O)O)CC2=O. The molecule has 17 heavy (non-hydrogen) atoms. The first kappa shape index (κ1) is 11.8. The van der Waals surface area contributed by atoms with Crippen LogP contribution in [-0.2, 0) is 4.79 Å². The molecule has 0 spiro atoms. The second kappa shape index (κ2) is 4.30. The number of aliphatic hydroxyl groups excluding tert-OH is 1. The van der Waals surface area contributed by atoms with Crippen LogP contribution >= 0.6 is 0 Å². The molecule has 1 aliphatic carbocycles. The Morgan fingerprint density at radius 1 is 1.53 bits per heavy atom. The van der Waals surface area contributed by atoms with Crippen molar-refractivity contribution in [2.45, 2.75) is 31.8 Å². The van der Waals surface area contributed by atoms with Crippen molar-refractivity contribution in [1.29, 1.82) is 0 Å². The van der Waals surface area contributed by atoms with Gasteiger partial charge in [0.15, 0.2) is 5.78 Å². The predicted molar refractivity (Wildman–Crippen MR) is 61.0 cm³/mol. The largest absolute Gasteiger partial charge is 0.481 e. The van der Waals surface area contributed by atoms with E-state index < -0.39 is 12.1 Å². The van der Waals surface area contributed by atoms with Crippen LogP contribution in [0.5, 0.6) is 0 Å². The highest BCUT2D eigenvalue weighted by Gasteiger charge is 2.31. The molecule has 1 aromatic carbocycles. The van der Waals surface area contributed by atoms with E-state index in [-0.39, 0.29) is 24.5 Å². The zero-order chi connectivity index (χ0) is 12.6. The molecule has 0 heterocycles. The van der Waals surface area contributed by atoms with Gasteiger partial charge in [0, 0.05) is 17.9 Å². The first-order valence-electron chi connectivity index (χ1n) is 5.56. The number of aliphatic carboxylic acids is 1. The smallest absolute Gasteiger partial charge is 0.303 e. The van der Waals surface area contributed by atoms with Crippen LogP contribution in [-0.4, -0.2) is 22.0 Å². The van der Waals surface area contributed by atoms with Gasteiger partial charge in [-0.1, -0.05) is 18.2 Å². The third kappa shape index (κ3) is 2.22. The molecule has 0 saturated heterocycles. The Balaban J connectivity index is 2.39. The number of ketones is 1. The first-order valence-corrected chi connectivity index (χ1v) is 5.56. The second-order valence-corrected chi connectivity index (χ2v) is 4.44. The van der Waals surface area contributed by atoms with Crippen molar-refractivity contribution in [3.05, 3.63) is 34.9 Å². The number of carboxylic acid groups (broad SMARTS) is 1. The van der Waals surface area contributed by atoms with Crippen LogP contribution < -0.4 is 0 Å². The summed E-state index contributed by atoms with van der Waals surface area (Å²) < 4.78 is 0. The quantitative estimate of drug-likeness (QED) is 0.837. The number of benzene rings is 1. The lowest BCUT2D eigenvalue weighted by molar-refractivity contribution is -0.137. The molecular weight excluding hydrogens is 220 g/mol. The molecule has 0 fully saturated rings. The molecule has 4 heteroatoms. The Morgan fingerprint density at radius 3 is 2.82 bits per heavy atom. The minimum atomic E-state index is -0.905. The van der Waals surface area contributed by atoms with Gasteiger partial charge in [0.05, 0.1) is 12.5 Å². The number of aliphatic hydroxyl groups is 1. The number of Topliss-reactive ketones (excluding diaryl/α,β-unsaturated/α-hetero) is 1. The minimum absolute atomic E-state index is 0.0107. The molecule has 0 bridgehead atoms. The van der Waals surface area contributed by atoms with E-state index in [4.69, 9.17) is 5.11 Å². The fraction of sp³-hybridized carbons (Fsp3) is 0.385. The number of rotatable bonds is 3. The van der Waals surface area contributed by atoms with Crippen molar-refractivity contribution in [3.8, 4) is 0 Å². The summed E-state index contributed by atoms with van der Waals surface area (Å²) in [5.74, 6) is -1.17. The molecule has 0 radical (unpaired) electrons. The van der Waals surface area contributed by atoms with Gasteiger partial charge in [0.1, 0.15) is 0 Å². The fourth-order valence-electron chi connectivity index (χ4n) is 2.27. The minimum Gasteiger partial charge on any atom is -0.481 e. The molecule has 2 unspecified atom stereocenters. The van der Waals surface area contributed by atoms with Crippen molar-refractivity contribution in [2.24, 2.45) is 0 Å². The third-order valence-electron chi connectivity index (χ3n) is 3.15. The van der Waals surface area contributed by atoms with Crippen LogP contribution in [0.15, 0.2) is 18.2 Å². The standard InChI is InChI=1S/C13H14O4/c1-7(14)8-2-3-10-11(4-8)9(5-12(10)15)6-13(16)17/h2-4,7,9,14H,5-6H2,1H3,(H,16,17). The molecule has 2 rings (SSSR count). The summed E-state index contributed by atoms with van der Waals surface area (Å²) in [5, 5.41) is 18.3. The van der Waals surface area contributed by atoms with Gasteiger partial charge in [-0.05, 0) is 18.1 Å². The van der Waals surface area contributed by atoms with Gasteiger partial charge in [-0.3, -0.25) is 9.59 Å². The lowest BCUT2D eigenvalue weighted by Gasteiger charge is -2.11. The first-order chi connectivity index (χ1) is 7.99. The van der Waals surface area contributed by atoms with Crippen molar-refractivity contribution in [2.75, 3.05) is 0 Å². The summed E-state index contributed by atoms with van der Waals surface area (Å²) in [6, 6.07) is 5.14. The number of carbonyl (C=O) groups is 2. The molecule has 2 N–H and O–H groups in total. The van der Waals surface area contributed by atoms with E-state index in [9.17, 15) is 14.7 Å². The van der Waals surface area contributed by atoms with Crippen LogP contribution in [0.4, 0.5) is 0 Å². The van der Waals surface area contributed by atoms with E-state index in [1.165, 1.54) is 0 Å². The van der Waals surface area contributed by atoms with Gasteiger partial charge in [-0.2, -0.15) is 0 Å². The van der Waals surface area contributed by atoms with Gasteiger partial charge in [-0.15, -0.1) is 0 Å². The van der Waals surface area contributed by atoms with E-state index in [0.717, 1.165) is 5.56 Å². The second-order valence-electron chi connectivity index (χ2n) is 4.44. The highest BCUT2D eigenvalue weighted by Crippen LogP contribution is 2.36. The Labute approximate surface area is 98.9 Å². The lowest BCUT2D eigenvalue weighted by Crippen LogP contribution is -2.04. The fourth-order valence-corrected chi connectivity index (χ4v) is 2.27. The molecule has 90 valence electrons. The topological polar surface area (TPSA) is 74.6 Å². The normalized spacial score (nSPS) is 20.1. The van der Waals surface area contributed by atoms with Crippen LogP contribution in [0, 0.1) is 0 Å². The highest BCUT2D eigenvalue weighted by molar-refractivity contribution is 6.01. The van der Waals surface area contributed by atoms with E-state index in [0.29, 0.717) is 11.1 Å². The molecule has 0 aliphatic heterocycles. The van der Waals surface area contributed by atoms with E-state index in [2.05, 4.69) is 0 Å². The molecule has 0 saturated carbocycles. The Kier molecular flexibility index (Phi) is 2.98. The third-order valence-corrected chi connectivity index (χ3v) is 3.15. The average Bonchev–Trinajstić information content (AvgIpc) is 2.54. The van der Waals surface area contributed by atoms with Crippen LogP contribution in [0.25, 0.3) is 0 Å². The number of fused-ring (bicyclic) bond motifs is 1. The van der Waals surface area contributed by atoms with Gasteiger partial charge in [-0.25, -0.2) is 0 Å². The van der Waals surface area contributed by atoms with Crippen molar-refractivity contribution < 1.29 is 19.8 Å².